The van der Waals surface area contributed by atoms with Crippen LogP contribution in [0, 0.1) is 6.92 Å². The monoisotopic (exact) mass is 369 g/mol. The van der Waals surface area contributed by atoms with Gasteiger partial charge in [-0.3, -0.25) is 14.7 Å². The summed E-state index contributed by atoms with van der Waals surface area (Å²) in [4.78, 5) is 19.6. The molecule has 1 fully saturated rings. The molecule has 2 aromatic heterocycles. The molecule has 0 radical (unpaired) electrons. The number of pyridine rings is 1. The first kappa shape index (κ1) is 18.2. The Morgan fingerprint density at radius 1 is 1.26 bits per heavy atom. The first-order valence-corrected chi connectivity index (χ1v) is 9.85. The summed E-state index contributed by atoms with van der Waals surface area (Å²) in [6.45, 7) is 5.53. The predicted octanol–water partition coefficient (Wildman–Crippen LogP) is 2.67. The Kier molecular flexibility index (Phi) is 5.55. The minimum Gasteiger partial charge on any atom is -0.465 e. The van der Waals surface area contributed by atoms with E-state index in [1.165, 1.54) is 18.4 Å². The zero-order chi connectivity index (χ0) is 18.6. The van der Waals surface area contributed by atoms with Crippen molar-refractivity contribution in [1.82, 2.24) is 15.2 Å². The van der Waals surface area contributed by atoms with Crippen LogP contribution < -0.4 is 5.32 Å². The Labute approximate surface area is 159 Å². The third-order valence-electron chi connectivity index (χ3n) is 5.46. The molecule has 0 bridgehead atoms. The van der Waals surface area contributed by atoms with Gasteiger partial charge in [0.15, 0.2) is 0 Å². The zero-order valence-corrected chi connectivity index (χ0v) is 15.9. The molecule has 1 amide bonds. The van der Waals surface area contributed by atoms with E-state index >= 15 is 0 Å². The molecule has 0 spiro atoms. The van der Waals surface area contributed by atoms with E-state index < -0.39 is 0 Å². The number of rotatable bonds is 5. The van der Waals surface area contributed by atoms with Crippen molar-refractivity contribution >= 4 is 5.91 Å². The molecule has 1 atom stereocenters. The van der Waals surface area contributed by atoms with Crippen LogP contribution in [0.4, 0.5) is 0 Å². The fourth-order valence-corrected chi connectivity index (χ4v) is 3.94. The summed E-state index contributed by atoms with van der Waals surface area (Å²) in [7, 11) is 0. The first-order chi connectivity index (χ1) is 13.2. The average Bonchev–Trinajstić information content (AvgIpc) is 3.14. The van der Waals surface area contributed by atoms with Crippen molar-refractivity contribution in [3.63, 3.8) is 0 Å². The molecule has 4 rings (SSSR count). The second kappa shape index (κ2) is 8.23. The molecule has 1 aliphatic carbocycles. The molecule has 0 saturated carbocycles. The Balaban J connectivity index is 1.46. The van der Waals surface area contributed by atoms with Gasteiger partial charge in [-0.15, -0.1) is 0 Å². The highest BCUT2D eigenvalue weighted by Crippen LogP contribution is 2.24. The summed E-state index contributed by atoms with van der Waals surface area (Å²) in [5.41, 5.74) is 3.02. The zero-order valence-electron chi connectivity index (χ0n) is 15.9. The third-order valence-corrected chi connectivity index (χ3v) is 5.46. The number of nitrogens with zero attached hydrogens (tertiary/aromatic N) is 2. The van der Waals surface area contributed by atoms with Crippen molar-refractivity contribution in [3.8, 4) is 0 Å². The summed E-state index contributed by atoms with van der Waals surface area (Å²) in [5, 5.41) is 3.09. The highest BCUT2D eigenvalue weighted by molar-refractivity contribution is 5.94. The van der Waals surface area contributed by atoms with E-state index in [1.807, 2.05) is 25.1 Å². The van der Waals surface area contributed by atoms with E-state index in [-0.39, 0.29) is 11.9 Å². The molecule has 3 heterocycles. The molecule has 2 aromatic rings. The topological polar surface area (TPSA) is 67.6 Å². The number of aryl methyl sites for hydroxylation is 3. The molecule has 1 aliphatic heterocycles. The Hall–Kier alpha value is -2.18. The molecule has 6 heteroatoms. The van der Waals surface area contributed by atoms with E-state index in [0.717, 1.165) is 43.1 Å². The summed E-state index contributed by atoms with van der Waals surface area (Å²) < 4.78 is 11.3. The van der Waals surface area contributed by atoms with E-state index in [1.54, 1.807) is 6.20 Å². The van der Waals surface area contributed by atoms with Crippen molar-refractivity contribution in [2.75, 3.05) is 32.8 Å². The van der Waals surface area contributed by atoms with Gasteiger partial charge < -0.3 is 14.5 Å². The van der Waals surface area contributed by atoms with Crippen LogP contribution in [0.25, 0.3) is 0 Å². The molecule has 27 heavy (non-hydrogen) atoms. The van der Waals surface area contributed by atoms with Crippen molar-refractivity contribution in [2.24, 2.45) is 0 Å². The fourth-order valence-electron chi connectivity index (χ4n) is 3.94. The number of fused-ring (bicyclic) bond motifs is 1. The Bertz CT molecular complexity index is 796. The number of furan rings is 1. The number of ether oxygens (including phenoxy) is 1. The van der Waals surface area contributed by atoms with Crippen LogP contribution in [0.3, 0.4) is 0 Å². The molecule has 2 aliphatic rings. The summed E-state index contributed by atoms with van der Waals surface area (Å²) in [6.07, 6.45) is 6.12. The van der Waals surface area contributed by atoms with Gasteiger partial charge in [-0.05, 0) is 56.4 Å². The van der Waals surface area contributed by atoms with Gasteiger partial charge in [0.1, 0.15) is 11.5 Å². The lowest BCUT2D eigenvalue weighted by atomic mass is 9.95. The van der Waals surface area contributed by atoms with Gasteiger partial charge in [-0.1, -0.05) is 0 Å². The maximum Gasteiger partial charge on any atom is 0.252 e. The largest absolute Gasteiger partial charge is 0.465 e. The van der Waals surface area contributed by atoms with Gasteiger partial charge >= 0.3 is 0 Å². The van der Waals surface area contributed by atoms with Crippen LogP contribution in [-0.4, -0.2) is 48.6 Å². The summed E-state index contributed by atoms with van der Waals surface area (Å²) in [5.74, 6) is 1.70. The van der Waals surface area contributed by atoms with Gasteiger partial charge in [-0.2, -0.15) is 0 Å². The lowest BCUT2D eigenvalue weighted by molar-refractivity contribution is 0.0117. The smallest absolute Gasteiger partial charge is 0.252 e. The fraction of sp³-hybridized carbons (Fsp3) is 0.524. The number of carbonyl (C=O) groups excluding carboxylic acids is 1. The van der Waals surface area contributed by atoms with Crippen LogP contribution in [0.1, 0.15) is 52.0 Å². The Morgan fingerprint density at radius 2 is 2.07 bits per heavy atom. The van der Waals surface area contributed by atoms with Gasteiger partial charge in [0, 0.05) is 31.5 Å². The highest BCUT2D eigenvalue weighted by atomic mass is 16.5. The van der Waals surface area contributed by atoms with E-state index in [0.29, 0.717) is 25.3 Å². The minimum atomic E-state index is -0.0718. The predicted molar refractivity (Wildman–Crippen MR) is 102 cm³/mol. The van der Waals surface area contributed by atoms with E-state index in [9.17, 15) is 4.79 Å². The number of amides is 1. The second-order valence-electron chi connectivity index (χ2n) is 7.36. The number of morpholine rings is 1. The average molecular weight is 369 g/mol. The Morgan fingerprint density at radius 3 is 2.85 bits per heavy atom. The number of hydrogen-bond acceptors (Lipinski definition) is 5. The van der Waals surface area contributed by atoms with Crippen molar-refractivity contribution in [1.29, 1.82) is 0 Å². The molecule has 0 aromatic carbocycles. The van der Waals surface area contributed by atoms with Crippen molar-refractivity contribution in [2.45, 2.75) is 38.6 Å². The summed E-state index contributed by atoms with van der Waals surface area (Å²) in [6, 6.07) is 6.00. The molecule has 6 nitrogen and oxygen atoms in total. The van der Waals surface area contributed by atoms with Crippen molar-refractivity contribution in [3.05, 3.63) is 52.7 Å². The quantitative estimate of drug-likeness (QED) is 0.878. The molecular weight excluding hydrogens is 342 g/mol. The van der Waals surface area contributed by atoms with Crippen LogP contribution in [0.5, 0.6) is 0 Å². The maximum absolute atomic E-state index is 12.7. The van der Waals surface area contributed by atoms with Crippen LogP contribution >= 0.6 is 0 Å². The van der Waals surface area contributed by atoms with Crippen LogP contribution in [0.15, 0.2) is 28.8 Å². The lowest BCUT2D eigenvalue weighted by Crippen LogP contribution is -2.43. The second-order valence-corrected chi connectivity index (χ2v) is 7.36. The van der Waals surface area contributed by atoms with Gasteiger partial charge in [0.2, 0.25) is 0 Å². The first-order valence-electron chi connectivity index (χ1n) is 9.85. The standard InChI is InChI=1S/C21H27N3O3/c1-15-6-7-20(27-15)19(24-8-10-26-11-9-24)14-23-21(25)17-12-16-4-2-3-5-18(16)22-13-17/h6-7,12-13,19H,2-5,8-11,14H2,1H3,(H,23,25). The minimum absolute atomic E-state index is 0.0112. The van der Waals surface area contributed by atoms with Crippen LogP contribution in [0.2, 0.25) is 0 Å². The summed E-state index contributed by atoms with van der Waals surface area (Å²) >= 11 is 0. The van der Waals surface area contributed by atoms with Crippen LogP contribution in [-0.2, 0) is 17.6 Å². The van der Waals surface area contributed by atoms with Crippen molar-refractivity contribution < 1.29 is 13.9 Å². The molecule has 1 saturated heterocycles. The maximum atomic E-state index is 12.7. The number of hydrogen-bond donors (Lipinski definition) is 1. The highest BCUT2D eigenvalue weighted by Gasteiger charge is 2.26. The normalized spacial score (nSPS) is 18.7. The molecule has 1 N–H and O–H groups in total. The van der Waals surface area contributed by atoms with E-state index in [2.05, 4.69) is 15.2 Å². The number of nitrogens with one attached hydrogen (secondary N) is 1. The molecular formula is C21H27N3O3. The van der Waals surface area contributed by atoms with Gasteiger partial charge in [-0.25, -0.2) is 0 Å². The SMILES string of the molecule is Cc1ccc(C(CNC(=O)c2cnc3c(c2)CCCC3)N2CCOCC2)o1. The molecule has 144 valence electrons. The molecule has 1 unspecified atom stereocenters. The lowest BCUT2D eigenvalue weighted by Gasteiger charge is -2.33. The number of carbonyl (C=O) groups is 1. The number of aromatic nitrogens is 1. The third kappa shape index (κ3) is 4.22. The van der Waals surface area contributed by atoms with Gasteiger partial charge in [0.25, 0.3) is 5.91 Å². The van der Waals surface area contributed by atoms with E-state index in [4.69, 9.17) is 9.15 Å². The van der Waals surface area contributed by atoms with Gasteiger partial charge in [0.05, 0.1) is 24.8 Å².